The number of rotatable bonds is 5. The molecule has 0 atom stereocenters. The van der Waals surface area contributed by atoms with Gasteiger partial charge in [-0.15, -0.1) is 11.6 Å². The second-order valence-electron chi connectivity index (χ2n) is 3.14. The van der Waals surface area contributed by atoms with Crippen molar-refractivity contribution in [2.75, 3.05) is 13.0 Å². The topological polar surface area (TPSA) is 38.3 Å². The van der Waals surface area contributed by atoms with Crippen molar-refractivity contribution in [1.29, 1.82) is 0 Å². The zero-order valence-corrected chi connectivity index (χ0v) is 10.4. The summed E-state index contributed by atoms with van der Waals surface area (Å²) in [7, 11) is 1.57. The summed E-state index contributed by atoms with van der Waals surface area (Å²) in [5.74, 6) is 0.876. The number of hydrogen-bond donors (Lipinski definition) is 1. The third-order valence-corrected chi connectivity index (χ3v) is 2.62. The Hall–Kier alpha value is -0.930. The molecule has 0 aromatic heterocycles. The van der Waals surface area contributed by atoms with Gasteiger partial charge >= 0.3 is 0 Å². The van der Waals surface area contributed by atoms with E-state index < -0.39 is 0 Å². The molecule has 1 amide bonds. The van der Waals surface area contributed by atoms with Gasteiger partial charge in [-0.3, -0.25) is 4.79 Å². The second-order valence-corrected chi connectivity index (χ2v) is 3.92. The molecule has 0 bridgehead atoms. The standard InChI is InChI=1S/C11H13Cl2NO2/c1-16-10-4-2-3-9(13)8(10)7-14-11(15)5-6-12/h2-4H,5-7H2,1H3,(H,14,15). The molecule has 0 aliphatic heterocycles. The summed E-state index contributed by atoms with van der Waals surface area (Å²) < 4.78 is 5.16. The monoisotopic (exact) mass is 261 g/mol. The fourth-order valence-corrected chi connectivity index (χ4v) is 1.67. The Morgan fingerprint density at radius 2 is 2.25 bits per heavy atom. The Morgan fingerprint density at radius 3 is 2.88 bits per heavy atom. The molecule has 0 aliphatic carbocycles. The lowest BCUT2D eigenvalue weighted by Crippen LogP contribution is -2.23. The molecule has 3 nitrogen and oxygen atoms in total. The van der Waals surface area contributed by atoms with Gasteiger partial charge in [-0.1, -0.05) is 17.7 Å². The van der Waals surface area contributed by atoms with Crippen LogP contribution in [0.3, 0.4) is 0 Å². The van der Waals surface area contributed by atoms with E-state index in [0.29, 0.717) is 29.6 Å². The van der Waals surface area contributed by atoms with E-state index >= 15 is 0 Å². The molecule has 1 rings (SSSR count). The molecule has 1 aromatic carbocycles. The number of nitrogens with one attached hydrogen (secondary N) is 1. The second kappa shape index (κ2) is 6.61. The molecule has 16 heavy (non-hydrogen) atoms. The lowest BCUT2D eigenvalue weighted by molar-refractivity contribution is -0.120. The summed E-state index contributed by atoms with van der Waals surface area (Å²) >= 11 is 11.5. The Bertz CT molecular complexity index is 369. The van der Waals surface area contributed by atoms with Crippen molar-refractivity contribution in [3.8, 4) is 5.75 Å². The number of benzene rings is 1. The van der Waals surface area contributed by atoms with Crippen LogP contribution in [0.5, 0.6) is 5.75 Å². The van der Waals surface area contributed by atoms with Crippen molar-refractivity contribution in [1.82, 2.24) is 5.32 Å². The number of carbonyl (C=O) groups excluding carboxylic acids is 1. The molecule has 0 fully saturated rings. The number of carbonyl (C=O) groups is 1. The van der Waals surface area contributed by atoms with Crippen LogP contribution in [0.1, 0.15) is 12.0 Å². The molecule has 1 N–H and O–H groups in total. The molecule has 0 unspecified atom stereocenters. The summed E-state index contributed by atoms with van der Waals surface area (Å²) in [4.78, 5) is 11.2. The average molecular weight is 262 g/mol. The highest BCUT2D eigenvalue weighted by molar-refractivity contribution is 6.31. The number of amides is 1. The maximum absolute atomic E-state index is 11.2. The average Bonchev–Trinajstić information content (AvgIpc) is 2.27. The molecular formula is C11H13Cl2NO2. The van der Waals surface area contributed by atoms with Gasteiger partial charge in [0.1, 0.15) is 5.75 Å². The lowest BCUT2D eigenvalue weighted by atomic mass is 10.2. The Labute approximate surface area is 105 Å². The summed E-state index contributed by atoms with van der Waals surface area (Å²) in [5.41, 5.74) is 0.773. The summed E-state index contributed by atoms with van der Waals surface area (Å²) in [6.45, 7) is 0.346. The van der Waals surface area contributed by atoms with E-state index in [1.165, 1.54) is 0 Å². The van der Waals surface area contributed by atoms with E-state index in [-0.39, 0.29) is 5.91 Å². The van der Waals surface area contributed by atoms with Gasteiger partial charge < -0.3 is 10.1 Å². The van der Waals surface area contributed by atoms with Crippen molar-refractivity contribution in [3.05, 3.63) is 28.8 Å². The number of methoxy groups -OCH3 is 1. The van der Waals surface area contributed by atoms with Gasteiger partial charge in [-0.25, -0.2) is 0 Å². The van der Waals surface area contributed by atoms with Crippen molar-refractivity contribution < 1.29 is 9.53 Å². The maximum Gasteiger partial charge on any atom is 0.221 e. The molecule has 0 aliphatic rings. The SMILES string of the molecule is COc1cccc(Cl)c1CNC(=O)CCCl. The fourth-order valence-electron chi connectivity index (χ4n) is 1.26. The van der Waals surface area contributed by atoms with Gasteiger partial charge in [0.2, 0.25) is 5.91 Å². The van der Waals surface area contributed by atoms with Gasteiger partial charge in [-0.05, 0) is 12.1 Å². The Kier molecular flexibility index (Phi) is 5.43. The first-order chi connectivity index (χ1) is 7.69. The van der Waals surface area contributed by atoms with Crippen LogP contribution in [0.25, 0.3) is 0 Å². The highest BCUT2D eigenvalue weighted by Gasteiger charge is 2.08. The number of halogens is 2. The first kappa shape index (κ1) is 13.1. The van der Waals surface area contributed by atoms with Crippen LogP contribution in [0.15, 0.2) is 18.2 Å². The van der Waals surface area contributed by atoms with E-state index in [1.807, 2.05) is 0 Å². The van der Waals surface area contributed by atoms with Crippen LogP contribution in [0.2, 0.25) is 5.02 Å². The third-order valence-electron chi connectivity index (χ3n) is 2.08. The zero-order chi connectivity index (χ0) is 12.0. The third kappa shape index (κ3) is 3.58. The quantitative estimate of drug-likeness (QED) is 0.828. The molecular weight excluding hydrogens is 249 g/mol. The predicted molar refractivity (Wildman–Crippen MR) is 65.2 cm³/mol. The van der Waals surface area contributed by atoms with E-state index in [4.69, 9.17) is 27.9 Å². The van der Waals surface area contributed by atoms with Crippen LogP contribution in [0, 0.1) is 0 Å². The normalized spacial score (nSPS) is 9.94. The van der Waals surface area contributed by atoms with Crippen LogP contribution in [0.4, 0.5) is 0 Å². The Morgan fingerprint density at radius 1 is 1.50 bits per heavy atom. The predicted octanol–water partition coefficient (Wildman–Crippen LogP) is 2.59. The van der Waals surface area contributed by atoms with Crippen molar-refractivity contribution >= 4 is 29.1 Å². The smallest absolute Gasteiger partial charge is 0.221 e. The number of alkyl halides is 1. The van der Waals surface area contributed by atoms with E-state index in [2.05, 4.69) is 5.32 Å². The minimum Gasteiger partial charge on any atom is -0.496 e. The van der Waals surface area contributed by atoms with Crippen molar-refractivity contribution in [2.45, 2.75) is 13.0 Å². The number of ether oxygens (including phenoxy) is 1. The maximum atomic E-state index is 11.2. The van der Waals surface area contributed by atoms with E-state index in [9.17, 15) is 4.79 Å². The van der Waals surface area contributed by atoms with Crippen LogP contribution in [-0.2, 0) is 11.3 Å². The van der Waals surface area contributed by atoms with Gasteiger partial charge in [0.25, 0.3) is 0 Å². The fraction of sp³-hybridized carbons (Fsp3) is 0.364. The molecule has 0 radical (unpaired) electrons. The van der Waals surface area contributed by atoms with Crippen molar-refractivity contribution in [3.63, 3.8) is 0 Å². The molecule has 0 saturated carbocycles. The van der Waals surface area contributed by atoms with E-state index in [0.717, 1.165) is 5.56 Å². The Balaban J connectivity index is 2.69. The highest BCUT2D eigenvalue weighted by Crippen LogP contribution is 2.25. The molecule has 0 saturated heterocycles. The first-order valence-corrected chi connectivity index (χ1v) is 5.74. The molecule has 5 heteroatoms. The number of hydrogen-bond acceptors (Lipinski definition) is 2. The minimum absolute atomic E-state index is 0.100. The van der Waals surface area contributed by atoms with Crippen LogP contribution < -0.4 is 10.1 Å². The van der Waals surface area contributed by atoms with Crippen molar-refractivity contribution in [2.24, 2.45) is 0 Å². The van der Waals surface area contributed by atoms with Gasteiger partial charge in [0, 0.05) is 29.4 Å². The van der Waals surface area contributed by atoms with E-state index in [1.54, 1.807) is 25.3 Å². The molecule has 0 heterocycles. The van der Waals surface area contributed by atoms with Gasteiger partial charge in [-0.2, -0.15) is 0 Å². The molecule has 88 valence electrons. The summed E-state index contributed by atoms with van der Waals surface area (Å²) in [5, 5.41) is 3.30. The largest absolute Gasteiger partial charge is 0.496 e. The highest BCUT2D eigenvalue weighted by atomic mass is 35.5. The van der Waals surface area contributed by atoms with Crippen LogP contribution >= 0.6 is 23.2 Å². The summed E-state index contributed by atoms with van der Waals surface area (Å²) in [6.07, 6.45) is 0.300. The molecule has 0 spiro atoms. The van der Waals surface area contributed by atoms with Gasteiger partial charge in [0.15, 0.2) is 0 Å². The minimum atomic E-state index is -0.100. The van der Waals surface area contributed by atoms with Crippen LogP contribution in [-0.4, -0.2) is 18.9 Å². The lowest BCUT2D eigenvalue weighted by Gasteiger charge is -2.10. The molecule has 1 aromatic rings. The zero-order valence-electron chi connectivity index (χ0n) is 8.93. The first-order valence-electron chi connectivity index (χ1n) is 4.83. The summed E-state index contributed by atoms with van der Waals surface area (Å²) in [6, 6.07) is 5.35. The van der Waals surface area contributed by atoms with Gasteiger partial charge in [0.05, 0.1) is 7.11 Å².